The van der Waals surface area contributed by atoms with E-state index in [1.54, 1.807) is 6.21 Å². The minimum atomic E-state index is -0.666. The summed E-state index contributed by atoms with van der Waals surface area (Å²) in [5.41, 5.74) is 10.4. The van der Waals surface area contributed by atoms with Crippen LogP contribution < -0.4 is 11.5 Å². The lowest BCUT2D eigenvalue weighted by Crippen LogP contribution is -2.18. The van der Waals surface area contributed by atoms with Crippen LogP contribution in [0, 0.1) is 0 Å². The maximum Gasteiger partial charge on any atom is 0.357 e. The number of carbonyl (C=O) groups excluding carboxylic acids is 1. The molecule has 4 N–H and O–H groups in total. The van der Waals surface area contributed by atoms with Gasteiger partial charge in [0.25, 0.3) is 0 Å². The van der Waals surface area contributed by atoms with Crippen LogP contribution in [-0.2, 0) is 9.53 Å². The van der Waals surface area contributed by atoms with Crippen molar-refractivity contribution in [2.75, 3.05) is 7.11 Å². The van der Waals surface area contributed by atoms with E-state index in [-0.39, 0.29) is 11.5 Å². The Hall–Kier alpha value is -1.52. The highest BCUT2D eigenvalue weighted by atomic mass is 16.5. The van der Waals surface area contributed by atoms with Gasteiger partial charge in [-0.3, -0.25) is 0 Å². The van der Waals surface area contributed by atoms with Gasteiger partial charge in [0.05, 0.1) is 7.11 Å². The predicted molar refractivity (Wildman–Crippen MR) is 46.2 cm³/mol. The molecule has 68 valence electrons. The van der Waals surface area contributed by atoms with Gasteiger partial charge in [-0.2, -0.15) is 0 Å². The van der Waals surface area contributed by atoms with E-state index in [0.29, 0.717) is 0 Å². The van der Waals surface area contributed by atoms with Crippen molar-refractivity contribution in [3.63, 3.8) is 0 Å². The Morgan fingerprint density at radius 3 is 2.58 bits per heavy atom. The van der Waals surface area contributed by atoms with Crippen LogP contribution in [-0.4, -0.2) is 19.3 Å². The Morgan fingerprint density at radius 2 is 2.17 bits per heavy atom. The molecule has 0 aliphatic rings. The van der Waals surface area contributed by atoms with Gasteiger partial charge < -0.3 is 16.2 Å². The first kappa shape index (κ1) is 10.5. The molecule has 0 radical (unpaired) electrons. The second kappa shape index (κ2) is 5.17. The van der Waals surface area contributed by atoms with Gasteiger partial charge in [0, 0.05) is 6.21 Å². The second-order valence-electron chi connectivity index (χ2n) is 2.01. The van der Waals surface area contributed by atoms with Crippen LogP contribution in [0.25, 0.3) is 0 Å². The average molecular weight is 171 g/mol. The van der Waals surface area contributed by atoms with E-state index in [2.05, 4.69) is 9.73 Å². The van der Waals surface area contributed by atoms with Crippen LogP contribution in [0.5, 0.6) is 0 Å². The molecule has 0 aliphatic heterocycles. The third kappa shape index (κ3) is 3.05. The number of hydrogen-bond acceptors (Lipinski definition) is 5. The molecular weight excluding hydrogens is 158 g/mol. The first-order valence-electron chi connectivity index (χ1n) is 3.49. The third-order valence-corrected chi connectivity index (χ3v) is 1.09. The number of carbonyl (C=O) groups is 1. The zero-order chi connectivity index (χ0) is 9.56. The van der Waals surface area contributed by atoms with Gasteiger partial charge in [0.2, 0.25) is 0 Å². The quantitative estimate of drug-likeness (QED) is 0.347. The van der Waals surface area contributed by atoms with E-state index < -0.39 is 5.97 Å². The van der Waals surface area contributed by atoms with Crippen molar-refractivity contribution in [1.29, 1.82) is 0 Å². The molecule has 0 fully saturated rings. The summed E-state index contributed by atoms with van der Waals surface area (Å²) in [6, 6.07) is 0. The molecule has 0 spiro atoms. The summed E-state index contributed by atoms with van der Waals surface area (Å²) in [5.74, 6) is -0.676. The fraction of sp³-hybridized carbons (Fsp3) is 0.429. The Bertz CT molecular complexity index is 221. The minimum Gasteiger partial charge on any atom is -0.464 e. The van der Waals surface area contributed by atoms with Crippen molar-refractivity contribution in [3.05, 3.63) is 11.5 Å². The van der Waals surface area contributed by atoms with E-state index in [4.69, 9.17) is 11.5 Å². The molecule has 0 saturated heterocycles. The summed E-state index contributed by atoms with van der Waals surface area (Å²) in [5, 5.41) is 0. The van der Waals surface area contributed by atoms with Gasteiger partial charge in [-0.25, -0.2) is 9.79 Å². The lowest BCUT2D eigenvalue weighted by Gasteiger charge is -1.99. The summed E-state index contributed by atoms with van der Waals surface area (Å²) in [7, 11) is 1.23. The van der Waals surface area contributed by atoms with Crippen molar-refractivity contribution in [2.45, 2.75) is 13.3 Å². The molecular formula is C7H13N3O2. The molecule has 5 nitrogen and oxygen atoms in total. The molecule has 0 atom stereocenters. The smallest absolute Gasteiger partial charge is 0.357 e. The Labute approximate surface area is 71.1 Å². The Morgan fingerprint density at radius 1 is 1.58 bits per heavy atom. The van der Waals surface area contributed by atoms with Crippen molar-refractivity contribution >= 4 is 12.2 Å². The highest BCUT2D eigenvalue weighted by molar-refractivity contribution is 5.88. The summed E-state index contributed by atoms with van der Waals surface area (Å²) in [6.07, 6.45) is 2.29. The number of esters is 1. The van der Waals surface area contributed by atoms with Crippen LogP contribution in [0.3, 0.4) is 0 Å². The monoisotopic (exact) mass is 171 g/mol. The highest BCUT2D eigenvalue weighted by Crippen LogP contribution is 1.94. The van der Waals surface area contributed by atoms with E-state index in [1.165, 1.54) is 7.11 Å². The Kier molecular flexibility index (Phi) is 4.52. The predicted octanol–water partition coefficient (Wildman–Crippen LogP) is -0.273. The van der Waals surface area contributed by atoms with Crippen LogP contribution in [0.4, 0.5) is 0 Å². The molecule has 0 aromatic heterocycles. The molecule has 0 rings (SSSR count). The van der Waals surface area contributed by atoms with Gasteiger partial charge >= 0.3 is 5.97 Å². The molecule has 0 aromatic rings. The Balaban J connectivity index is 4.46. The molecule has 0 aromatic carbocycles. The molecule has 0 saturated carbocycles. The summed E-state index contributed by atoms with van der Waals surface area (Å²) in [4.78, 5) is 14.5. The average Bonchev–Trinajstić information content (AvgIpc) is 2.11. The summed E-state index contributed by atoms with van der Waals surface area (Å²) >= 11 is 0. The third-order valence-electron chi connectivity index (χ3n) is 1.09. The topological polar surface area (TPSA) is 90.7 Å². The maximum absolute atomic E-state index is 10.8. The van der Waals surface area contributed by atoms with Gasteiger partial charge in [0.15, 0.2) is 11.5 Å². The van der Waals surface area contributed by atoms with Crippen molar-refractivity contribution < 1.29 is 9.53 Å². The molecule has 0 heterocycles. The molecule has 0 bridgehead atoms. The standard InChI is InChI=1S/C7H13N3O2/c1-3-4-10-6(9)5(8)7(11)12-2/h4H,3,8-9H2,1-2H3/b6-5-,10-4?. The molecule has 12 heavy (non-hydrogen) atoms. The lowest BCUT2D eigenvalue weighted by atomic mass is 10.4. The zero-order valence-corrected chi connectivity index (χ0v) is 7.20. The largest absolute Gasteiger partial charge is 0.464 e. The number of aliphatic imine (C=N–C) groups is 1. The number of methoxy groups -OCH3 is 1. The van der Waals surface area contributed by atoms with E-state index in [9.17, 15) is 4.79 Å². The van der Waals surface area contributed by atoms with E-state index in [0.717, 1.165) is 6.42 Å². The zero-order valence-electron chi connectivity index (χ0n) is 7.20. The van der Waals surface area contributed by atoms with Crippen molar-refractivity contribution in [1.82, 2.24) is 0 Å². The van der Waals surface area contributed by atoms with Gasteiger partial charge in [0.1, 0.15) is 0 Å². The maximum atomic E-state index is 10.8. The van der Waals surface area contributed by atoms with E-state index in [1.807, 2.05) is 6.92 Å². The second-order valence-corrected chi connectivity index (χ2v) is 2.01. The molecule has 0 aliphatic carbocycles. The number of ether oxygens (including phenoxy) is 1. The normalized spacial score (nSPS) is 12.8. The minimum absolute atomic E-state index is 0.0105. The summed E-state index contributed by atoms with van der Waals surface area (Å²) in [6.45, 7) is 1.89. The van der Waals surface area contributed by atoms with Crippen LogP contribution >= 0.6 is 0 Å². The molecule has 0 amide bonds. The van der Waals surface area contributed by atoms with Gasteiger partial charge in [-0.15, -0.1) is 0 Å². The highest BCUT2D eigenvalue weighted by Gasteiger charge is 2.07. The summed E-state index contributed by atoms with van der Waals surface area (Å²) < 4.78 is 4.34. The van der Waals surface area contributed by atoms with Crippen molar-refractivity contribution in [3.8, 4) is 0 Å². The number of hydrogen-bond donors (Lipinski definition) is 2. The van der Waals surface area contributed by atoms with Gasteiger partial charge in [-0.05, 0) is 6.42 Å². The first-order chi connectivity index (χ1) is 5.63. The van der Waals surface area contributed by atoms with Crippen LogP contribution in [0.2, 0.25) is 0 Å². The molecule has 0 unspecified atom stereocenters. The fourth-order valence-corrected chi connectivity index (χ4v) is 0.474. The molecule has 5 heteroatoms. The van der Waals surface area contributed by atoms with Crippen LogP contribution in [0.1, 0.15) is 13.3 Å². The number of rotatable bonds is 3. The van der Waals surface area contributed by atoms with Crippen molar-refractivity contribution in [2.24, 2.45) is 16.5 Å². The van der Waals surface area contributed by atoms with E-state index >= 15 is 0 Å². The SMILES string of the molecule is CCC=N/C(N)=C(\N)C(=O)OC. The first-order valence-corrected chi connectivity index (χ1v) is 3.49. The lowest BCUT2D eigenvalue weighted by molar-refractivity contribution is -0.136. The number of nitrogens with zero attached hydrogens (tertiary/aromatic N) is 1. The number of nitrogens with two attached hydrogens (primary N) is 2. The van der Waals surface area contributed by atoms with Gasteiger partial charge in [-0.1, -0.05) is 6.92 Å². The fourth-order valence-electron chi connectivity index (χ4n) is 0.474. The van der Waals surface area contributed by atoms with Crippen LogP contribution in [0.15, 0.2) is 16.5 Å².